The van der Waals surface area contributed by atoms with Crippen molar-refractivity contribution >= 4 is 46.4 Å². The van der Waals surface area contributed by atoms with Crippen LogP contribution in [0.3, 0.4) is 0 Å². The van der Waals surface area contributed by atoms with E-state index in [0.717, 1.165) is 80.6 Å². The van der Waals surface area contributed by atoms with Gasteiger partial charge in [0.1, 0.15) is 54.6 Å². The quantitative estimate of drug-likeness (QED) is 0.0514. The van der Waals surface area contributed by atoms with E-state index in [1.165, 1.54) is 50.9 Å². The molecule has 522 valence electrons. The molecular weight excluding hydrogens is 1430 g/mol. The summed E-state index contributed by atoms with van der Waals surface area (Å²) < 4.78 is 8.95. The molecule has 0 atom stereocenters. The first-order valence-corrected chi connectivity index (χ1v) is 32.1. The van der Waals surface area contributed by atoms with Crippen LogP contribution in [0.4, 0.5) is 0 Å². The molecule has 8 aromatic rings. The molecule has 1 N–H and O–H groups in total. The Morgan fingerprint density at radius 2 is 0.804 bits per heavy atom. The van der Waals surface area contributed by atoms with Gasteiger partial charge in [-0.05, 0) is 66.0 Å². The number of hydrogen-bond donors (Lipinski definition) is 1. The van der Waals surface area contributed by atoms with Crippen molar-refractivity contribution in [2.24, 2.45) is 15.8 Å². The van der Waals surface area contributed by atoms with Crippen LogP contribution in [-0.4, -0.2) is 119 Å². The summed E-state index contributed by atoms with van der Waals surface area (Å²) in [4.78, 5) is 87.2. The maximum Gasteiger partial charge on any atom is 2.00 e. The minimum absolute atomic E-state index is 0. The Morgan fingerprint density at radius 3 is 1.14 bits per heavy atom. The first kappa shape index (κ1) is 82.7. The van der Waals surface area contributed by atoms with Crippen molar-refractivity contribution in [3.8, 4) is 22.8 Å². The monoisotopic (exact) mass is 1520 g/mol. The fourth-order valence-corrected chi connectivity index (χ4v) is 7.97. The van der Waals surface area contributed by atoms with Crippen molar-refractivity contribution in [2.45, 2.75) is 193 Å². The topological polar surface area (TPSA) is 311 Å². The summed E-state index contributed by atoms with van der Waals surface area (Å²) in [5, 5.41) is 27.0. The van der Waals surface area contributed by atoms with E-state index in [1.807, 2.05) is 52.0 Å². The summed E-state index contributed by atoms with van der Waals surface area (Å²) in [6, 6.07) is 14.8. The van der Waals surface area contributed by atoms with Gasteiger partial charge >= 0.3 is 33.0 Å². The van der Waals surface area contributed by atoms with Gasteiger partial charge in [0.2, 0.25) is 0 Å². The third kappa shape index (κ3) is 26.8. The Labute approximate surface area is 591 Å². The molecule has 1 aliphatic rings. The standard InChI is InChI=1S/C15H21N3.2C14H19N4.C14H20N2O2.C9H12N2O2.C6H5ClN2O2.Pt/c1-10(2)12-7-13(18-9-17-12)11-6-14(16-8-11)15(3,4)5;2*1-9(2)10-6-11(16-8-15-10)12-7-13(18-17-12)14(3,4)5;1-9(2)10-6-11(16-8-15-10)12(17)7-13(18)14(3,4)5;1-6(2)7-4-8(9(12)13-3)11-5-10-7;1-11-6(10)4-2-5(7)9-3-8-4;/h6-7,9-10H,8H2,1-5H3;2*6-9H,1-5H3;6-9,17H,1-5H3;4-6H,1-3H3;2-3H,1H3;/q;2*-1;;;;+2. The van der Waals surface area contributed by atoms with Crippen molar-refractivity contribution in [3.05, 3.63) is 166 Å². The summed E-state index contributed by atoms with van der Waals surface area (Å²) >= 11 is 5.49. The Kier molecular flexibility index (Phi) is 31.7. The maximum atomic E-state index is 11.8. The number of methoxy groups -OCH3 is 2. The summed E-state index contributed by atoms with van der Waals surface area (Å²) in [6.07, 6.45) is 12.2. The molecule has 0 radical (unpaired) electrons. The van der Waals surface area contributed by atoms with Gasteiger partial charge in [-0.2, -0.15) is 0 Å². The van der Waals surface area contributed by atoms with Gasteiger partial charge in [0, 0.05) is 84.9 Å². The number of aromatic nitrogens is 16. The van der Waals surface area contributed by atoms with Crippen molar-refractivity contribution in [3.63, 3.8) is 0 Å². The molecule has 1 aliphatic heterocycles. The smallest absolute Gasteiger partial charge is 0.573 e. The summed E-state index contributed by atoms with van der Waals surface area (Å²) in [5.74, 6) is 0.539. The number of hydrogen-bond acceptors (Lipinski definition) is 21. The van der Waals surface area contributed by atoms with E-state index in [0.29, 0.717) is 29.1 Å². The SMILES string of the molecule is CC(C)c1cc(-c2cc(C(C)(C)C)n[n-]2)ncn1.CC(C)c1cc(-c2cc(C(C)(C)C)n[n-]2)ncn1.CC(C)c1cc(C(O)=CC(=O)C(C)(C)C)ncn1.CC(C)c1cc(C2=CC(C(C)(C)C)=NC2)ncn1.COC(=O)c1cc(C(C)C)ncn1.COC(=O)c1cc(Cl)ncn1.[Pt+2]. The zero-order valence-corrected chi connectivity index (χ0v) is 63.6. The molecule has 0 amide bonds. The molecule has 0 fully saturated rings. The number of ketones is 1. The van der Waals surface area contributed by atoms with Crippen LogP contribution in [0, 0.1) is 10.8 Å². The normalized spacial score (nSPS) is 12.2. The van der Waals surface area contributed by atoms with Crippen molar-refractivity contribution < 1.29 is 50.0 Å². The zero-order valence-electron chi connectivity index (χ0n) is 60.6. The number of rotatable bonds is 12. The molecule has 97 heavy (non-hydrogen) atoms. The number of esters is 2. The van der Waals surface area contributed by atoms with Crippen LogP contribution in [0.5, 0.6) is 0 Å². The Hall–Kier alpha value is -8.56. The van der Waals surface area contributed by atoms with Crippen molar-refractivity contribution in [1.29, 1.82) is 0 Å². The second-order valence-electron chi connectivity index (χ2n) is 28.1. The van der Waals surface area contributed by atoms with Gasteiger partial charge in [-0.3, -0.25) is 9.79 Å². The average Bonchev–Trinajstić information content (AvgIpc) is 1.77. The van der Waals surface area contributed by atoms with Gasteiger partial charge < -0.3 is 35.0 Å². The minimum Gasteiger partial charge on any atom is -0.573 e. The third-order valence-corrected chi connectivity index (χ3v) is 14.3. The number of carbonyl (C=O) groups excluding carboxylic acids is 3. The van der Waals surface area contributed by atoms with Crippen LogP contribution in [0.15, 0.2) is 104 Å². The van der Waals surface area contributed by atoms with Crippen molar-refractivity contribution in [2.75, 3.05) is 20.8 Å². The number of halogens is 1. The van der Waals surface area contributed by atoms with Crippen LogP contribution in [0.2, 0.25) is 5.15 Å². The first-order chi connectivity index (χ1) is 44.7. The molecule has 0 aliphatic carbocycles. The number of ether oxygens (including phenoxy) is 2. The van der Waals surface area contributed by atoms with E-state index in [-0.39, 0.29) is 71.5 Å². The predicted octanol–water partition coefficient (Wildman–Crippen LogP) is 14.7. The van der Waals surface area contributed by atoms with Gasteiger partial charge in [0.15, 0.2) is 17.2 Å². The molecule has 9 heterocycles. The number of carbonyl (C=O) groups is 3. The molecule has 9 rings (SSSR count). The summed E-state index contributed by atoms with van der Waals surface area (Å²) in [5.41, 5.74) is 14.0. The van der Waals surface area contributed by atoms with Gasteiger partial charge in [-0.1, -0.05) is 187 Å². The fourth-order valence-electron chi connectivity index (χ4n) is 7.83. The third-order valence-electron chi connectivity index (χ3n) is 14.1. The second-order valence-corrected chi connectivity index (χ2v) is 28.5. The molecule has 25 heteroatoms. The zero-order chi connectivity index (χ0) is 72.0. The molecular formula is C72H96ClN17O6Pt. The van der Waals surface area contributed by atoms with Crippen LogP contribution in [0.25, 0.3) is 34.1 Å². The molecule has 0 saturated carbocycles. The average molecular weight is 1530 g/mol. The van der Waals surface area contributed by atoms with Gasteiger partial charge in [-0.15, -0.1) is 0 Å². The largest absolute Gasteiger partial charge is 2.00 e. The van der Waals surface area contributed by atoms with E-state index >= 15 is 0 Å². The maximum absolute atomic E-state index is 11.8. The van der Waals surface area contributed by atoms with E-state index < -0.39 is 17.4 Å². The van der Waals surface area contributed by atoms with Gasteiger partial charge in [0.05, 0.1) is 37.8 Å². The Balaban J connectivity index is 0.000000305. The molecule has 0 bridgehead atoms. The molecule has 0 saturated heterocycles. The number of nitrogens with zero attached hydrogens (tertiary/aromatic N) is 17. The van der Waals surface area contributed by atoms with Crippen LogP contribution in [-0.2, 0) is 46.2 Å². The predicted molar refractivity (Wildman–Crippen MR) is 376 cm³/mol. The van der Waals surface area contributed by atoms with Gasteiger partial charge in [0.25, 0.3) is 0 Å². The van der Waals surface area contributed by atoms with E-state index in [4.69, 9.17) is 11.6 Å². The molecule has 23 nitrogen and oxygen atoms in total. The summed E-state index contributed by atoms with van der Waals surface area (Å²) in [7, 11) is 2.61. The molecule has 0 unspecified atom stereocenters. The van der Waals surface area contributed by atoms with Crippen LogP contribution in [0.1, 0.15) is 254 Å². The fraction of sp³-hybridized carbons (Fsp3) is 0.472. The summed E-state index contributed by atoms with van der Waals surface area (Å²) in [6.45, 7) is 46.2. The van der Waals surface area contributed by atoms with Crippen LogP contribution < -0.4 is 10.2 Å². The van der Waals surface area contributed by atoms with Crippen LogP contribution >= 0.6 is 11.6 Å². The minimum atomic E-state index is -0.519. The molecule has 0 spiro atoms. The second kappa shape index (κ2) is 37.2. The Bertz CT molecular complexity index is 3790. The first-order valence-electron chi connectivity index (χ1n) is 31.7. The molecule has 8 aromatic heterocycles. The van der Waals surface area contributed by atoms with Gasteiger partial charge in [-0.25, -0.2) is 69.4 Å². The number of allylic oxidation sites excluding steroid dienone is 2. The number of aliphatic hydroxyl groups excluding tert-OH is 1. The molecule has 0 aromatic carbocycles. The Morgan fingerprint density at radius 1 is 0.464 bits per heavy atom. The number of aliphatic imine (C=N–C) groups is 1. The number of aliphatic hydroxyl groups is 1. The van der Waals surface area contributed by atoms with Crippen molar-refractivity contribution in [1.82, 2.24) is 80.2 Å². The van der Waals surface area contributed by atoms with E-state index in [9.17, 15) is 19.5 Å². The van der Waals surface area contributed by atoms with E-state index in [1.54, 1.807) is 51.9 Å². The van der Waals surface area contributed by atoms with E-state index in [2.05, 4.69) is 211 Å².